The molecular weight excluding hydrogens is 470 g/mol. The average molecular weight is 539 g/mol. The molecular formula is C33H39N3S. The van der Waals surface area contributed by atoms with Crippen molar-refractivity contribution in [2.24, 2.45) is 0 Å². The second-order valence-electron chi connectivity index (χ2n) is 8.20. The summed E-state index contributed by atoms with van der Waals surface area (Å²) in [6.07, 6.45) is -57.2. The molecule has 3 aliphatic carbocycles. The van der Waals surface area contributed by atoms with Crippen LogP contribution in [-0.2, 0) is 0 Å². The third-order valence-electron chi connectivity index (χ3n) is 6.14. The van der Waals surface area contributed by atoms with Crippen LogP contribution in [0, 0.1) is 0 Å². The first kappa shape index (κ1) is 8.10. The first-order valence-electron chi connectivity index (χ1n) is 26.0. The molecule has 6 unspecified atom stereocenters. The SMILES string of the molecule is [2H]C1C([2H])([2H])C([2H])([2H])C([2H])([2H])C([2H])([2H])C1([2H])c1nnnc(C2C([2H])([2H])C([2H])([2H])C([2H])([2H])C([2H])([2H])C2([2H])c2cccc3sc4ccccc4c23)c1C1([2H])C([2H])C([2H])([2H])C([2H])([2H])C([2H])([2H])C1([2H])[2H]. The molecule has 2 aromatic heterocycles. The summed E-state index contributed by atoms with van der Waals surface area (Å²) >= 11 is 1.06. The highest BCUT2D eigenvalue weighted by molar-refractivity contribution is 7.25. The van der Waals surface area contributed by atoms with Crippen molar-refractivity contribution in [1.82, 2.24) is 15.4 Å². The molecule has 0 saturated heterocycles. The Morgan fingerprint density at radius 1 is 0.703 bits per heavy atom. The normalized spacial score (nSPS) is 64.9. The molecule has 4 heteroatoms. The predicted octanol–water partition coefficient (Wildman–Crippen LogP) is 9.78. The van der Waals surface area contributed by atoms with Crippen LogP contribution in [0.15, 0.2) is 42.5 Å². The molecule has 0 spiro atoms. The molecule has 37 heavy (non-hydrogen) atoms. The van der Waals surface area contributed by atoms with Gasteiger partial charge in [-0.15, -0.1) is 21.5 Å². The number of fused-ring (bicyclic) bond motifs is 3. The molecule has 3 fully saturated rings. The van der Waals surface area contributed by atoms with Crippen LogP contribution in [-0.4, -0.2) is 15.4 Å². The van der Waals surface area contributed by atoms with Gasteiger partial charge in [-0.1, -0.05) is 81.3 Å². The minimum atomic E-state index is -4.49. The van der Waals surface area contributed by atoms with Gasteiger partial charge in [-0.3, -0.25) is 0 Å². The lowest BCUT2D eigenvalue weighted by Crippen LogP contribution is -2.24. The van der Waals surface area contributed by atoms with E-state index in [1.165, 1.54) is 24.3 Å². The zero-order valence-electron chi connectivity index (χ0n) is 48.0. The largest absolute Gasteiger partial charge is 0.135 e. The molecule has 0 bridgehead atoms. The van der Waals surface area contributed by atoms with Gasteiger partial charge < -0.3 is 0 Å². The number of thiophene rings is 1. The van der Waals surface area contributed by atoms with E-state index in [-0.39, 0.29) is 15.5 Å². The number of rotatable bonds is 4. The molecule has 192 valence electrons. The van der Waals surface area contributed by atoms with Crippen LogP contribution in [0.4, 0.5) is 0 Å². The Labute approximate surface area is 265 Å². The van der Waals surface area contributed by atoms with E-state index in [1.54, 1.807) is 12.1 Å². The van der Waals surface area contributed by atoms with Gasteiger partial charge in [0.05, 0.1) is 11.4 Å². The molecule has 2 aromatic carbocycles. The Bertz CT molecular complexity index is 2660. The number of aromatic nitrogens is 3. The van der Waals surface area contributed by atoms with E-state index in [2.05, 4.69) is 15.4 Å². The third kappa shape index (κ3) is 4.39. The van der Waals surface area contributed by atoms with Crippen molar-refractivity contribution in [2.45, 2.75) is 113 Å². The second kappa shape index (κ2) is 10.4. The third-order valence-corrected chi connectivity index (χ3v) is 7.28. The Kier molecular flexibility index (Phi) is 2.28. The first-order chi connectivity index (χ1) is 29.4. The van der Waals surface area contributed by atoms with E-state index in [4.69, 9.17) is 26.0 Å². The van der Waals surface area contributed by atoms with Crippen molar-refractivity contribution < 1.29 is 39.8 Å². The van der Waals surface area contributed by atoms with Gasteiger partial charge in [-0.05, 0) is 73.0 Å². The molecule has 0 aliphatic heterocycles. The van der Waals surface area contributed by atoms with Crippen molar-refractivity contribution >= 4 is 31.5 Å². The molecule has 0 radical (unpaired) electrons. The van der Waals surface area contributed by atoms with Crippen LogP contribution in [0.1, 0.15) is 175 Å². The van der Waals surface area contributed by atoms with Crippen LogP contribution < -0.4 is 0 Å². The summed E-state index contributed by atoms with van der Waals surface area (Å²) in [4.78, 5) is 0. The van der Waals surface area contributed by atoms with Crippen LogP contribution in [0.5, 0.6) is 0 Å². The van der Waals surface area contributed by atoms with Gasteiger partial charge in [0, 0.05) is 77.3 Å². The van der Waals surface area contributed by atoms with Gasteiger partial charge in [0.2, 0.25) is 0 Å². The fraction of sp³-hybridized carbons (Fsp3) is 0.545. The van der Waals surface area contributed by atoms with E-state index >= 15 is 0 Å². The maximum Gasteiger partial charge on any atom is 0.0739 e. The molecule has 2 heterocycles. The van der Waals surface area contributed by atoms with Crippen molar-refractivity contribution in [3.05, 3.63) is 65.0 Å². The Morgan fingerprint density at radius 3 is 2.35 bits per heavy atom. The van der Waals surface area contributed by atoms with E-state index in [0.717, 1.165) is 17.4 Å². The van der Waals surface area contributed by atoms with Crippen molar-refractivity contribution in [2.75, 3.05) is 0 Å². The molecule has 4 aromatic rings. The first-order valence-corrected chi connectivity index (χ1v) is 12.2. The van der Waals surface area contributed by atoms with Gasteiger partial charge >= 0.3 is 0 Å². The van der Waals surface area contributed by atoms with Crippen molar-refractivity contribution in [3.63, 3.8) is 0 Å². The standard InChI is InChI=1S/C33H39N3S/c1-3-12-22(13-4-1)30-32(23-14-5-2-6-15-23)34-36-35-33(30)26-17-8-7-16-24(26)25-19-11-21-29-31(25)27-18-9-10-20-28(27)37-29/h9-11,18-24,26H,1-8,12-17H2/i1D2,2D2,3D2,4D2,5D2,6D2,7D2,8D2,12D,13D2,14D,15D2,16D2,17D2,22D,23D,24D. The summed E-state index contributed by atoms with van der Waals surface area (Å²) in [5, 5.41) is 10.9. The van der Waals surface area contributed by atoms with E-state index in [9.17, 15) is 13.7 Å². The molecule has 0 amide bonds. The van der Waals surface area contributed by atoms with Gasteiger partial charge in [0.1, 0.15) is 0 Å². The molecule has 0 N–H and O–H groups in total. The summed E-state index contributed by atoms with van der Waals surface area (Å²) in [7, 11) is 0. The highest BCUT2D eigenvalue weighted by Crippen LogP contribution is 2.51. The highest BCUT2D eigenvalue weighted by atomic mass is 32.1. The lowest BCUT2D eigenvalue weighted by atomic mass is 9.69. The smallest absolute Gasteiger partial charge is 0.0739 e. The Hall–Kier alpha value is -2.33. The van der Waals surface area contributed by atoms with Crippen LogP contribution >= 0.6 is 11.3 Å². The van der Waals surface area contributed by atoms with Gasteiger partial charge in [0.25, 0.3) is 0 Å². The molecule has 7 rings (SSSR count). The summed E-state index contributed by atoms with van der Waals surface area (Å²) < 4.78 is 263. The molecule has 3 aliphatic rings. The molecule has 3 nitrogen and oxygen atoms in total. The minimum Gasteiger partial charge on any atom is -0.135 e. The summed E-state index contributed by atoms with van der Waals surface area (Å²) in [6, 6.07) is 10.0. The van der Waals surface area contributed by atoms with Crippen molar-refractivity contribution in [3.8, 4) is 0 Å². The van der Waals surface area contributed by atoms with Crippen LogP contribution in [0.25, 0.3) is 20.2 Å². The van der Waals surface area contributed by atoms with Crippen LogP contribution in [0.2, 0.25) is 0 Å². The monoisotopic (exact) mass is 538 g/mol. The number of hydrogen-bond donors (Lipinski definition) is 0. The number of nitrogens with zero attached hydrogens (tertiary/aromatic N) is 3. The number of hydrogen-bond acceptors (Lipinski definition) is 4. The predicted molar refractivity (Wildman–Crippen MR) is 155 cm³/mol. The van der Waals surface area contributed by atoms with E-state index in [0.29, 0.717) is 4.70 Å². The fourth-order valence-corrected chi connectivity index (χ4v) is 5.72. The quantitative estimate of drug-likeness (QED) is 0.259. The van der Waals surface area contributed by atoms with Gasteiger partial charge in [-0.2, -0.15) is 0 Å². The maximum absolute atomic E-state index is 10.4. The summed E-state index contributed by atoms with van der Waals surface area (Å²) in [6.45, 7) is 0. The van der Waals surface area contributed by atoms with Crippen molar-refractivity contribution in [1.29, 1.82) is 0 Å². The number of benzene rings is 2. The Morgan fingerprint density at radius 2 is 1.43 bits per heavy atom. The topological polar surface area (TPSA) is 38.7 Å². The average Bonchev–Trinajstić information content (AvgIpc) is 3.59. The van der Waals surface area contributed by atoms with E-state index < -0.39 is 135 Å². The van der Waals surface area contributed by atoms with Gasteiger partial charge in [0.15, 0.2) is 0 Å². The second-order valence-corrected chi connectivity index (χ2v) is 9.28. The lowest BCUT2D eigenvalue weighted by Gasteiger charge is -2.36. The van der Waals surface area contributed by atoms with E-state index in [1.807, 2.05) is 0 Å². The molecule has 3 saturated carbocycles. The van der Waals surface area contributed by atoms with Gasteiger partial charge in [-0.25, -0.2) is 0 Å². The minimum absolute atomic E-state index is 0.0666. The summed E-state index contributed by atoms with van der Waals surface area (Å²) in [5.74, 6) is -15.7. The summed E-state index contributed by atoms with van der Waals surface area (Å²) in [5.41, 5.74) is -6.27. The molecule has 6 atom stereocenters. The maximum atomic E-state index is 10.4. The zero-order valence-corrected chi connectivity index (χ0v) is 19.8. The highest BCUT2D eigenvalue weighted by Gasteiger charge is 2.36. The van der Waals surface area contributed by atoms with Crippen LogP contribution in [0.3, 0.4) is 0 Å². The zero-order chi connectivity index (χ0) is 50.6. The fourth-order valence-electron chi connectivity index (χ4n) is 4.59. The lowest BCUT2D eigenvalue weighted by molar-refractivity contribution is 0.360. The Balaban J connectivity index is 1.79.